The Labute approximate surface area is 134 Å². The van der Waals surface area contributed by atoms with Gasteiger partial charge in [-0.05, 0) is 36.4 Å². The molecule has 22 heavy (non-hydrogen) atoms. The SMILES string of the molecule is COc1ccccc1/C=C/C(=O)N(Cc1cccs1)C1CC1. The number of hydrogen-bond acceptors (Lipinski definition) is 3. The zero-order valence-corrected chi connectivity index (χ0v) is 13.4. The zero-order valence-electron chi connectivity index (χ0n) is 12.6. The number of nitrogens with zero attached hydrogens (tertiary/aromatic N) is 1. The number of methoxy groups -OCH3 is 1. The Morgan fingerprint density at radius 2 is 2.14 bits per heavy atom. The van der Waals surface area contributed by atoms with Crippen molar-refractivity contribution in [3.05, 3.63) is 58.3 Å². The lowest BCUT2D eigenvalue weighted by Gasteiger charge is -2.20. The number of hydrogen-bond donors (Lipinski definition) is 0. The number of amides is 1. The van der Waals surface area contributed by atoms with Crippen molar-refractivity contribution in [1.29, 1.82) is 0 Å². The minimum Gasteiger partial charge on any atom is -0.496 e. The summed E-state index contributed by atoms with van der Waals surface area (Å²) in [5.74, 6) is 0.851. The Bertz CT molecular complexity index is 659. The summed E-state index contributed by atoms with van der Waals surface area (Å²) in [5, 5.41) is 2.05. The predicted molar refractivity (Wildman–Crippen MR) is 89.9 cm³/mol. The van der Waals surface area contributed by atoms with Crippen molar-refractivity contribution in [2.24, 2.45) is 0 Å². The molecule has 1 amide bonds. The van der Waals surface area contributed by atoms with E-state index in [9.17, 15) is 4.79 Å². The summed E-state index contributed by atoms with van der Waals surface area (Å²) in [5.41, 5.74) is 0.922. The van der Waals surface area contributed by atoms with Crippen LogP contribution in [-0.2, 0) is 11.3 Å². The van der Waals surface area contributed by atoms with Crippen LogP contribution in [0.3, 0.4) is 0 Å². The fraction of sp³-hybridized carbons (Fsp3) is 0.278. The molecule has 0 atom stereocenters. The second-order valence-electron chi connectivity index (χ2n) is 5.35. The van der Waals surface area contributed by atoms with Gasteiger partial charge in [-0.15, -0.1) is 11.3 Å². The van der Waals surface area contributed by atoms with Crippen LogP contribution in [0, 0.1) is 0 Å². The largest absolute Gasteiger partial charge is 0.496 e. The molecule has 1 heterocycles. The van der Waals surface area contributed by atoms with Crippen LogP contribution in [0.2, 0.25) is 0 Å². The Morgan fingerprint density at radius 1 is 1.32 bits per heavy atom. The van der Waals surface area contributed by atoms with Crippen molar-refractivity contribution in [2.75, 3.05) is 7.11 Å². The molecule has 1 aliphatic rings. The third kappa shape index (κ3) is 3.57. The van der Waals surface area contributed by atoms with Gasteiger partial charge in [0, 0.05) is 22.6 Å². The van der Waals surface area contributed by atoms with Crippen molar-refractivity contribution in [3.63, 3.8) is 0 Å². The molecule has 1 saturated carbocycles. The molecule has 1 aliphatic carbocycles. The molecular formula is C18H19NO2S. The van der Waals surface area contributed by atoms with Gasteiger partial charge in [0.1, 0.15) is 5.75 Å². The third-order valence-corrected chi connectivity index (χ3v) is 4.58. The van der Waals surface area contributed by atoms with Gasteiger partial charge in [0.2, 0.25) is 5.91 Å². The molecule has 1 fully saturated rings. The highest BCUT2D eigenvalue weighted by Gasteiger charge is 2.31. The van der Waals surface area contributed by atoms with Gasteiger partial charge in [-0.25, -0.2) is 0 Å². The summed E-state index contributed by atoms with van der Waals surface area (Å²) in [6, 6.07) is 12.2. The fourth-order valence-electron chi connectivity index (χ4n) is 2.40. The maximum atomic E-state index is 12.5. The van der Waals surface area contributed by atoms with E-state index in [-0.39, 0.29) is 5.91 Å². The maximum Gasteiger partial charge on any atom is 0.247 e. The highest BCUT2D eigenvalue weighted by molar-refractivity contribution is 7.09. The molecule has 0 bridgehead atoms. The van der Waals surface area contributed by atoms with E-state index in [4.69, 9.17) is 4.74 Å². The number of benzene rings is 1. The van der Waals surface area contributed by atoms with E-state index in [1.165, 1.54) is 4.88 Å². The molecular weight excluding hydrogens is 294 g/mol. The number of carbonyl (C=O) groups excluding carboxylic acids is 1. The second kappa shape index (κ2) is 6.79. The van der Waals surface area contributed by atoms with Crippen LogP contribution in [0.15, 0.2) is 47.9 Å². The van der Waals surface area contributed by atoms with Crippen LogP contribution in [0.4, 0.5) is 0 Å². The quantitative estimate of drug-likeness (QED) is 0.755. The van der Waals surface area contributed by atoms with Crippen LogP contribution in [0.5, 0.6) is 5.75 Å². The van der Waals surface area contributed by atoms with Crippen molar-refractivity contribution < 1.29 is 9.53 Å². The number of rotatable bonds is 6. The van der Waals surface area contributed by atoms with Crippen LogP contribution in [0.1, 0.15) is 23.3 Å². The van der Waals surface area contributed by atoms with Crippen LogP contribution < -0.4 is 4.74 Å². The Hall–Kier alpha value is -2.07. The first-order valence-electron chi connectivity index (χ1n) is 7.42. The van der Waals surface area contributed by atoms with Gasteiger partial charge in [-0.2, -0.15) is 0 Å². The summed E-state index contributed by atoms with van der Waals surface area (Å²) in [6.07, 6.45) is 5.72. The van der Waals surface area contributed by atoms with Crippen molar-refractivity contribution >= 4 is 23.3 Å². The lowest BCUT2D eigenvalue weighted by Crippen LogP contribution is -2.30. The van der Waals surface area contributed by atoms with E-state index in [0.29, 0.717) is 12.6 Å². The topological polar surface area (TPSA) is 29.5 Å². The molecule has 114 valence electrons. The standard InChI is InChI=1S/C18H19NO2S/c1-21-17-7-3-2-5-14(17)8-11-18(20)19(15-9-10-15)13-16-6-4-12-22-16/h2-8,11-12,15H,9-10,13H2,1H3/b11-8+. The van der Waals surface area contributed by atoms with Gasteiger partial charge in [0.25, 0.3) is 0 Å². The summed E-state index contributed by atoms with van der Waals surface area (Å²) < 4.78 is 5.31. The van der Waals surface area contributed by atoms with Crippen molar-refractivity contribution in [1.82, 2.24) is 4.90 Å². The van der Waals surface area contributed by atoms with Gasteiger partial charge < -0.3 is 9.64 Å². The first-order chi connectivity index (χ1) is 10.8. The van der Waals surface area contributed by atoms with E-state index >= 15 is 0 Å². The molecule has 4 heteroatoms. The van der Waals surface area contributed by atoms with Gasteiger partial charge in [0.05, 0.1) is 13.7 Å². The average Bonchev–Trinajstić information content (AvgIpc) is 3.26. The minimum atomic E-state index is 0.0711. The lowest BCUT2D eigenvalue weighted by atomic mass is 10.2. The molecule has 3 rings (SSSR count). The molecule has 0 N–H and O–H groups in total. The highest BCUT2D eigenvalue weighted by Crippen LogP contribution is 2.29. The molecule has 0 radical (unpaired) electrons. The average molecular weight is 313 g/mol. The van der Waals surface area contributed by atoms with Gasteiger partial charge in [-0.1, -0.05) is 24.3 Å². The van der Waals surface area contributed by atoms with Gasteiger partial charge >= 0.3 is 0 Å². The number of para-hydroxylation sites is 1. The predicted octanol–water partition coefficient (Wildman–Crippen LogP) is 3.96. The number of carbonyl (C=O) groups is 1. The third-order valence-electron chi connectivity index (χ3n) is 3.72. The molecule has 0 aliphatic heterocycles. The van der Waals surface area contributed by atoms with E-state index in [1.54, 1.807) is 24.5 Å². The number of ether oxygens (including phenoxy) is 1. The molecule has 1 aromatic heterocycles. The van der Waals surface area contributed by atoms with Crippen LogP contribution in [0.25, 0.3) is 6.08 Å². The van der Waals surface area contributed by atoms with Gasteiger partial charge in [-0.3, -0.25) is 4.79 Å². The van der Waals surface area contributed by atoms with Crippen LogP contribution in [-0.4, -0.2) is 24.0 Å². The normalized spacial score (nSPS) is 14.2. The molecule has 3 nitrogen and oxygen atoms in total. The smallest absolute Gasteiger partial charge is 0.247 e. The summed E-state index contributed by atoms with van der Waals surface area (Å²) in [4.78, 5) is 15.7. The van der Waals surface area contributed by atoms with Crippen LogP contribution >= 0.6 is 11.3 Å². The zero-order chi connectivity index (χ0) is 15.4. The Kier molecular flexibility index (Phi) is 4.59. The van der Waals surface area contributed by atoms with Crippen molar-refractivity contribution in [2.45, 2.75) is 25.4 Å². The summed E-state index contributed by atoms with van der Waals surface area (Å²) in [7, 11) is 1.64. The van der Waals surface area contributed by atoms with Gasteiger partial charge in [0.15, 0.2) is 0 Å². The van der Waals surface area contributed by atoms with E-state index in [1.807, 2.05) is 41.3 Å². The first-order valence-corrected chi connectivity index (χ1v) is 8.30. The molecule has 0 unspecified atom stereocenters. The maximum absolute atomic E-state index is 12.5. The fourth-order valence-corrected chi connectivity index (χ4v) is 3.11. The molecule has 2 aromatic rings. The van der Waals surface area contributed by atoms with E-state index in [2.05, 4.69) is 11.4 Å². The second-order valence-corrected chi connectivity index (χ2v) is 6.38. The summed E-state index contributed by atoms with van der Waals surface area (Å²) >= 11 is 1.70. The van der Waals surface area contributed by atoms with E-state index in [0.717, 1.165) is 24.2 Å². The Morgan fingerprint density at radius 3 is 2.82 bits per heavy atom. The van der Waals surface area contributed by atoms with E-state index < -0.39 is 0 Å². The van der Waals surface area contributed by atoms with Crippen molar-refractivity contribution in [3.8, 4) is 5.75 Å². The Balaban J connectivity index is 1.72. The first kappa shape index (κ1) is 14.9. The summed E-state index contributed by atoms with van der Waals surface area (Å²) in [6.45, 7) is 0.706. The number of thiophene rings is 1. The lowest BCUT2D eigenvalue weighted by molar-refractivity contribution is -0.127. The highest BCUT2D eigenvalue weighted by atomic mass is 32.1. The molecule has 0 saturated heterocycles. The minimum absolute atomic E-state index is 0.0711. The molecule has 0 spiro atoms. The molecule has 1 aromatic carbocycles. The monoisotopic (exact) mass is 313 g/mol.